The molecule has 12 rings (SSSR count). The number of hydrogen-bond acceptors (Lipinski definition) is 3. The van der Waals surface area contributed by atoms with E-state index in [1.54, 1.807) is 6.07 Å². The summed E-state index contributed by atoms with van der Waals surface area (Å²) in [4.78, 5) is 9.68. The monoisotopic (exact) mass is 1170 g/mol. The molecule has 1 spiro atoms. The summed E-state index contributed by atoms with van der Waals surface area (Å²) in [5.41, 5.74) is 15.0. The predicted molar refractivity (Wildman–Crippen MR) is 306 cm³/mol. The zero-order chi connectivity index (χ0) is 53.9. The Bertz CT molecular complexity index is 3700. The van der Waals surface area contributed by atoms with Crippen LogP contribution in [0.5, 0.6) is 0 Å². The zero-order valence-electron chi connectivity index (χ0n) is 47.3. The first-order chi connectivity index (χ1) is 36.8. The van der Waals surface area contributed by atoms with Crippen LogP contribution in [0.1, 0.15) is 150 Å². The van der Waals surface area contributed by atoms with Crippen LogP contribution >= 0.6 is 0 Å². The molecule has 0 unspecified atom stereocenters. The van der Waals surface area contributed by atoms with Crippen LogP contribution in [-0.4, -0.2) is 14.5 Å². The number of para-hydroxylation sites is 2. The van der Waals surface area contributed by atoms with E-state index in [4.69, 9.17) is 9.40 Å². The van der Waals surface area contributed by atoms with E-state index in [1.807, 2.05) is 82.4 Å². The number of pyridine rings is 1. The fraction of sp³-hybridized carbons (Fsp3) is 0.304. The zero-order valence-corrected chi connectivity index (χ0v) is 46.7. The Morgan fingerprint density at radius 1 is 0.707 bits per heavy atom. The number of nitrogens with zero attached hydrogens (tertiary/aromatic N) is 3. The van der Waals surface area contributed by atoms with Crippen molar-refractivity contribution in [1.82, 2.24) is 14.5 Å². The maximum Gasteiger partial charge on any atom is 0.121 e. The number of benzene rings is 7. The topological polar surface area (TPSA) is 43.9 Å². The second-order valence-electron chi connectivity index (χ2n) is 22.3. The smallest absolute Gasteiger partial charge is 0.121 e. The Labute approximate surface area is 461 Å². The van der Waals surface area contributed by atoms with Crippen molar-refractivity contribution in [2.24, 2.45) is 5.41 Å². The van der Waals surface area contributed by atoms with E-state index < -0.39 is 17.7 Å². The van der Waals surface area contributed by atoms with Gasteiger partial charge in [-0.3, -0.25) is 9.37 Å². The van der Waals surface area contributed by atoms with Crippen molar-refractivity contribution >= 4 is 33.0 Å². The van der Waals surface area contributed by atoms with Gasteiger partial charge in [0.25, 0.3) is 0 Å². The van der Waals surface area contributed by atoms with Gasteiger partial charge in [0.1, 0.15) is 5.58 Å². The van der Waals surface area contributed by atoms with E-state index >= 15 is 0 Å². The van der Waals surface area contributed by atoms with Crippen LogP contribution in [0, 0.1) is 23.4 Å². The number of halogens is 1. The second kappa shape index (κ2) is 21.6. The first kappa shape index (κ1) is 48.2. The molecule has 75 heavy (non-hydrogen) atoms. The first-order valence-electron chi connectivity index (χ1n) is 28.1. The molecule has 4 nitrogen and oxygen atoms in total. The van der Waals surface area contributed by atoms with E-state index in [1.165, 1.54) is 49.8 Å². The summed E-state index contributed by atoms with van der Waals surface area (Å²) in [5.74, 6) is -2.27. The summed E-state index contributed by atoms with van der Waals surface area (Å²) in [6.45, 7) is 14.2. The fourth-order valence-corrected chi connectivity index (χ4v) is 11.6. The quantitative estimate of drug-likeness (QED) is 0.142. The standard InChI is InChI=1S/C54H53N2O.C15H15FN.Ir/c1-35(2)46-32-42(39-22-20-38(21-23-39)40-26-30-54(31-27-40)28-11-6-12-29-54)33-47(36(3)4)51(46)56-49-19-10-9-18-48(49)55-53(56)45-17-13-16-44-43-25-24-41(34-50(43)57-52(44)45)37-14-7-5-8-15-37;1-15(2,3)12-6-9-14(17-10-12)11-4-7-13(16)8-5-11;/h5,7-10,13-16,18-25,32-36,40H,6,11-12,26-31H2,1-4H3;4,6-10H,1-3H3;/q2*-1;/i35D,36D,40D;;. The van der Waals surface area contributed by atoms with Crippen molar-refractivity contribution in [3.8, 4) is 50.6 Å². The molecule has 0 saturated heterocycles. The van der Waals surface area contributed by atoms with Gasteiger partial charge in [0.15, 0.2) is 0 Å². The Balaban J connectivity index is 0.000000327. The van der Waals surface area contributed by atoms with Gasteiger partial charge in [-0.15, -0.1) is 48.0 Å². The van der Waals surface area contributed by atoms with Crippen molar-refractivity contribution in [2.75, 3.05) is 0 Å². The summed E-state index contributed by atoms with van der Waals surface area (Å²) in [6, 6.07) is 56.6. The second-order valence-corrected chi connectivity index (χ2v) is 22.3. The minimum absolute atomic E-state index is 0. The average molecular weight is 1170 g/mol. The molecule has 0 aliphatic heterocycles. The molecule has 2 saturated carbocycles. The van der Waals surface area contributed by atoms with Crippen LogP contribution < -0.4 is 0 Å². The molecule has 3 aromatic heterocycles. The van der Waals surface area contributed by atoms with Gasteiger partial charge in [-0.1, -0.05) is 170 Å². The van der Waals surface area contributed by atoms with Gasteiger partial charge < -0.3 is 14.0 Å². The Morgan fingerprint density at radius 2 is 1.39 bits per heavy atom. The van der Waals surface area contributed by atoms with Crippen LogP contribution in [0.25, 0.3) is 83.6 Å². The van der Waals surface area contributed by atoms with Gasteiger partial charge in [0, 0.05) is 47.3 Å². The molecule has 1 radical (unpaired) electrons. The van der Waals surface area contributed by atoms with Crippen LogP contribution in [0.15, 0.2) is 162 Å². The normalized spacial score (nSPS) is 16.2. The van der Waals surface area contributed by atoms with Gasteiger partial charge in [0.2, 0.25) is 0 Å². The predicted octanol–water partition coefficient (Wildman–Crippen LogP) is 19.6. The molecule has 2 fully saturated rings. The molecule has 7 aromatic carbocycles. The molecule has 0 bridgehead atoms. The molecule has 383 valence electrons. The Kier molecular flexibility index (Phi) is 13.9. The summed E-state index contributed by atoms with van der Waals surface area (Å²) in [5, 5.41) is 2.00. The SMILES string of the molecule is CC(C)(C)c1ccc(-c2[c-]cc(F)cc2)nc1.[2H]C(C)(C)c1cc(-c2ccc(C3([2H])CCC4(CCCCC4)CC3)cc2)cc(C([2H])(C)C)c1-n1c(-c2[c-]ccc3c2oc2cc(-c4ccccc4)ccc23)nc2ccccc21.[Ir]. The maximum absolute atomic E-state index is 12.8. The van der Waals surface area contributed by atoms with E-state index in [-0.39, 0.29) is 31.3 Å². The Morgan fingerprint density at radius 3 is 2.04 bits per heavy atom. The van der Waals surface area contributed by atoms with Crippen molar-refractivity contribution in [2.45, 2.75) is 129 Å². The number of fused-ring (bicyclic) bond motifs is 4. The number of aromatic nitrogens is 3. The van der Waals surface area contributed by atoms with Gasteiger partial charge >= 0.3 is 0 Å². The summed E-state index contributed by atoms with van der Waals surface area (Å²) in [7, 11) is 0. The van der Waals surface area contributed by atoms with E-state index in [2.05, 4.69) is 127 Å². The molecule has 2 aliphatic carbocycles. The largest absolute Gasteiger partial charge is 0.501 e. The van der Waals surface area contributed by atoms with Gasteiger partial charge in [-0.25, -0.2) is 0 Å². The van der Waals surface area contributed by atoms with Crippen molar-refractivity contribution in [3.05, 3.63) is 198 Å². The number of hydrogen-bond donors (Lipinski definition) is 0. The first-order valence-corrected chi connectivity index (χ1v) is 26.6. The van der Waals surface area contributed by atoms with E-state index in [9.17, 15) is 8.50 Å². The number of rotatable bonds is 8. The molecule has 0 N–H and O–H groups in total. The van der Waals surface area contributed by atoms with Crippen molar-refractivity contribution < 1.29 is 33.0 Å². The van der Waals surface area contributed by atoms with Crippen LogP contribution in [0.2, 0.25) is 0 Å². The van der Waals surface area contributed by atoms with E-state index in [0.717, 1.165) is 115 Å². The average Bonchev–Trinajstić information content (AvgIpc) is 4.05. The minimum atomic E-state index is -1.04. The fourth-order valence-electron chi connectivity index (χ4n) is 11.6. The third-order valence-corrected chi connectivity index (χ3v) is 15.9. The van der Waals surface area contributed by atoms with Crippen molar-refractivity contribution in [3.63, 3.8) is 0 Å². The Hall–Kier alpha value is -6.46. The van der Waals surface area contributed by atoms with Gasteiger partial charge in [-0.05, 0) is 148 Å². The molecule has 10 aromatic rings. The van der Waals surface area contributed by atoms with Crippen LogP contribution in [-0.2, 0) is 25.5 Å². The molecule has 0 atom stereocenters. The third-order valence-electron chi connectivity index (χ3n) is 15.9. The molecular weight excluding hydrogens is 1100 g/mol. The van der Waals surface area contributed by atoms with Crippen LogP contribution in [0.4, 0.5) is 4.39 Å². The van der Waals surface area contributed by atoms with E-state index in [0.29, 0.717) is 16.8 Å². The van der Waals surface area contributed by atoms with Gasteiger partial charge in [0.05, 0.1) is 22.4 Å². The van der Waals surface area contributed by atoms with Gasteiger partial charge in [-0.2, -0.15) is 0 Å². The number of imidazole rings is 1. The summed E-state index contributed by atoms with van der Waals surface area (Å²) in [6.07, 6.45) is 12.8. The van der Waals surface area contributed by atoms with Crippen molar-refractivity contribution in [1.29, 1.82) is 0 Å². The third kappa shape index (κ3) is 10.6. The molecule has 6 heteroatoms. The summed E-state index contributed by atoms with van der Waals surface area (Å²) >= 11 is 0. The maximum atomic E-state index is 12.8. The molecular formula is C69H68FIrN3O-2. The number of furan rings is 1. The molecule has 2 aliphatic rings. The van der Waals surface area contributed by atoms with Crippen LogP contribution in [0.3, 0.4) is 0 Å². The molecule has 3 heterocycles. The summed E-state index contributed by atoms with van der Waals surface area (Å²) < 4.78 is 50.7. The molecule has 0 amide bonds. The minimum Gasteiger partial charge on any atom is -0.501 e.